The number of aromatic amines is 1. The minimum Gasteiger partial charge on any atom is -0.419 e. The third kappa shape index (κ3) is 1.21. The van der Waals surface area contributed by atoms with Crippen molar-refractivity contribution in [3.05, 3.63) is 34.9 Å². The molecule has 0 bridgehead atoms. The maximum Gasteiger partial charge on any atom is 0.217 e. The molecule has 0 fully saturated rings. The number of hydrogen-bond donors (Lipinski definition) is 1. The van der Waals surface area contributed by atoms with Crippen LogP contribution in [0.1, 0.15) is 0 Å². The van der Waals surface area contributed by atoms with E-state index in [1.165, 1.54) is 4.57 Å². The van der Waals surface area contributed by atoms with E-state index in [0.717, 1.165) is 5.39 Å². The molecule has 0 aliphatic rings. The molecule has 0 aromatic carbocycles. The average molecular weight is 198 g/mol. The largest absolute Gasteiger partial charge is 0.419 e. The summed E-state index contributed by atoms with van der Waals surface area (Å²) in [6, 6.07) is 4.80. The van der Waals surface area contributed by atoms with E-state index in [1.54, 1.807) is 19.4 Å². The predicted molar refractivity (Wildman–Crippen MR) is 42.4 cm³/mol. The number of hydrogen-bond acceptors (Lipinski definition) is 1. The van der Waals surface area contributed by atoms with Gasteiger partial charge < -0.3 is 9.55 Å². The summed E-state index contributed by atoms with van der Waals surface area (Å²) >= 11 is 0. The molecule has 0 atom stereocenters. The summed E-state index contributed by atoms with van der Waals surface area (Å²) < 4.78 is 1.50. The molecule has 0 unspecified atom stereocenters. The van der Waals surface area contributed by atoms with Crippen molar-refractivity contribution in [2.75, 3.05) is 0 Å². The Hall–Kier alpha value is -0.926. The smallest absolute Gasteiger partial charge is 0.217 e. The number of aryl methyl sites for hydroxylation is 1. The quantitative estimate of drug-likeness (QED) is 0.620. The van der Waals surface area contributed by atoms with Crippen LogP contribution in [0.3, 0.4) is 0 Å². The molecule has 2 rings (SSSR count). The van der Waals surface area contributed by atoms with Gasteiger partial charge in [-0.3, -0.25) is 4.79 Å². The second-order valence-electron chi connectivity index (χ2n) is 2.46. The second kappa shape index (κ2) is 3.21. The summed E-state index contributed by atoms with van der Waals surface area (Å²) in [7, 11) is 1.71. The Morgan fingerprint density at radius 3 is 3.08 bits per heavy atom. The molecular weight excluding hydrogens is 191 g/mol. The van der Waals surface area contributed by atoms with Gasteiger partial charge in [-0.15, -0.1) is 6.07 Å². The molecule has 0 amide bonds. The van der Waals surface area contributed by atoms with Crippen molar-refractivity contribution in [1.29, 1.82) is 0 Å². The van der Waals surface area contributed by atoms with E-state index in [1.807, 2.05) is 6.07 Å². The number of H-pyrrole nitrogens is 1. The Morgan fingerprint density at radius 1 is 1.58 bits per heavy atom. The molecule has 0 saturated heterocycles. The Morgan fingerprint density at radius 2 is 2.33 bits per heavy atom. The van der Waals surface area contributed by atoms with Crippen LogP contribution in [0.15, 0.2) is 23.3 Å². The van der Waals surface area contributed by atoms with Crippen LogP contribution in [0.2, 0.25) is 0 Å². The Kier molecular flexibility index (Phi) is 2.45. The fourth-order valence-electron chi connectivity index (χ4n) is 1.07. The van der Waals surface area contributed by atoms with Gasteiger partial charge in [-0.05, 0) is 5.52 Å². The summed E-state index contributed by atoms with van der Waals surface area (Å²) in [5, 5.41) is 0.841. The van der Waals surface area contributed by atoms with Crippen LogP contribution in [0.25, 0.3) is 10.9 Å². The Balaban J connectivity index is 0.000000720. The fraction of sp³-hybridized carbons (Fsp3) is 0.125. The molecule has 3 nitrogen and oxygen atoms in total. The molecule has 61 valence electrons. The molecule has 2 heterocycles. The number of nitrogens with one attached hydrogen (secondary N) is 1. The van der Waals surface area contributed by atoms with Crippen LogP contribution in [-0.2, 0) is 25.6 Å². The molecular formula is C8H7N2OV-. The maximum atomic E-state index is 11.3. The van der Waals surface area contributed by atoms with Crippen molar-refractivity contribution in [2.45, 2.75) is 0 Å². The monoisotopic (exact) mass is 198 g/mol. The van der Waals surface area contributed by atoms with Crippen LogP contribution in [-0.4, -0.2) is 9.55 Å². The van der Waals surface area contributed by atoms with Gasteiger partial charge in [0.25, 0.3) is 0 Å². The predicted octanol–water partition coefficient (Wildman–Crippen LogP) is 0.664. The third-order valence-corrected chi connectivity index (χ3v) is 1.69. The van der Waals surface area contributed by atoms with Gasteiger partial charge in [-0.25, -0.2) is 0 Å². The van der Waals surface area contributed by atoms with E-state index in [0.29, 0.717) is 5.52 Å². The molecule has 12 heavy (non-hydrogen) atoms. The summed E-state index contributed by atoms with van der Waals surface area (Å²) in [6.07, 6.45) is 3.38. The van der Waals surface area contributed by atoms with Gasteiger partial charge in [0.2, 0.25) is 5.56 Å². The fourth-order valence-corrected chi connectivity index (χ4v) is 1.07. The zero-order valence-electron chi connectivity index (χ0n) is 6.53. The van der Waals surface area contributed by atoms with Crippen molar-refractivity contribution in [2.24, 2.45) is 7.05 Å². The Labute approximate surface area is 81.3 Å². The molecule has 0 aliphatic heterocycles. The molecule has 0 saturated carbocycles. The first-order valence-corrected chi connectivity index (χ1v) is 3.33. The first-order chi connectivity index (χ1) is 5.29. The maximum absolute atomic E-state index is 11.3. The zero-order chi connectivity index (χ0) is 7.84. The molecule has 4 heteroatoms. The molecule has 1 N–H and O–H groups in total. The van der Waals surface area contributed by atoms with E-state index in [4.69, 9.17) is 0 Å². The number of pyridine rings is 1. The van der Waals surface area contributed by atoms with E-state index in [9.17, 15) is 4.79 Å². The summed E-state index contributed by atoms with van der Waals surface area (Å²) in [6.45, 7) is 0. The van der Waals surface area contributed by atoms with E-state index in [2.05, 4.69) is 11.1 Å². The summed E-state index contributed by atoms with van der Waals surface area (Å²) in [5.74, 6) is 0. The van der Waals surface area contributed by atoms with Crippen molar-refractivity contribution >= 4 is 10.9 Å². The average Bonchev–Trinajstić information content (AvgIpc) is 2.45. The minimum absolute atomic E-state index is 0. The van der Waals surface area contributed by atoms with E-state index in [-0.39, 0.29) is 24.1 Å². The van der Waals surface area contributed by atoms with Crippen molar-refractivity contribution in [3.8, 4) is 0 Å². The van der Waals surface area contributed by atoms with Crippen molar-refractivity contribution in [3.63, 3.8) is 0 Å². The third-order valence-electron chi connectivity index (χ3n) is 1.69. The SMILES string of the molecule is Cn1c[c-]c2cc[nH]c2c1=O.[V]. The molecule has 2 aromatic heterocycles. The van der Waals surface area contributed by atoms with Crippen molar-refractivity contribution < 1.29 is 18.6 Å². The normalized spacial score (nSPS) is 9.75. The van der Waals surface area contributed by atoms with E-state index >= 15 is 0 Å². The zero-order valence-corrected chi connectivity index (χ0v) is 7.93. The number of nitrogens with zero attached hydrogens (tertiary/aromatic N) is 1. The van der Waals surface area contributed by atoms with Crippen LogP contribution < -0.4 is 5.56 Å². The van der Waals surface area contributed by atoms with E-state index < -0.39 is 0 Å². The second-order valence-corrected chi connectivity index (χ2v) is 2.46. The topological polar surface area (TPSA) is 37.8 Å². The minimum atomic E-state index is -0.0104. The van der Waals surface area contributed by atoms with Gasteiger partial charge in [-0.1, -0.05) is 12.4 Å². The standard InChI is InChI=1S/C8H7N2O.V/c1-10-5-3-6-2-4-9-7(6)8(10)11;/h2,4-5,9H,1H3;/q-1;. The van der Waals surface area contributed by atoms with Crippen LogP contribution in [0.4, 0.5) is 0 Å². The molecule has 1 radical (unpaired) electrons. The summed E-state index contributed by atoms with van der Waals surface area (Å²) in [5.41, 5.74) is 0.610. The number of rotatable bonds is 0. The van der Waals surface area contributed by atoms with Gasteiger partial charge in [0.05, 0.1) is 0 Å². The van der Waals surface area contributed by atoms with Gasteiger partial charge in [-0.2, -0.15) is 11.5 Å². The van der Waals surface area contributed by atoms with Gasteiger partial charge in [0, 0.05) is 25.6 Å². The number of fused-ring (bicyclic) bond motifs is 1. The van der Waals surface area contributed by atoms with Crippen molar-refractivity contribution in [1.82, 2.24) is 9.55 Å². The van der Waals surface area contributed by atoms with Crippen LogP contribution >= 0.6 is 0 Å². The van der Waals surface area contributed by atoms with Crippen LogP contribution in [0.5, 0.6) is 0 Å². The van der Waals surface area contributed by atoms with Gasteiger partial charge in [0.15, 0.2) is 0 Å². The number of aromatic nitrogens is 2. The Bertz CT molecular complexity index is 443. The summed E-state index contributed by atoms with van der Waals surface area (Å²) in [4.78, 5) is 14.2. The first kappa shape index (κ1) is 9.16. The van der Waals surface area contributed by atoms with Gasteiger partial charge >= 0.3 is 0 Å². The molecule has 2 aromatic rings. The van der Waals surface area contributed by atoms with Gasteiger partial charge in [0.1, 0.15) is 0 Å². The molecule has 0 aliphatic carbocycles. The first-order valence-electron chi connectivity index (χ1n) is 3.33. The molecule has 0 spiro atoms. The van der Waals surface area contributed by atoms with Crippen LogP contribution in [0, 0.1) is 6.07 Å².